The van der Waals surface area contributed by atoms with Crippen LogP contribution in [0.1, 0.15) is 44.6 Å². The van der Waals surface area contributed by atoms with Crippen molar-refractivity contribution in [3.63, 3.8) is 0 Å². The minimum absolute atomic E-state index is 0.264. The number of esters is 1. The quantitative estimate of drug-likeness (QED) is 0.441. The van der Waals surface area contributed by atoms with Gasteiger partial charge >= 0.3 is 5.97 Å². The number of aryl methyl sites for hydroxylation is 1. The topological polar surface area (TPSA) is 102 Å². The van der Waals surface area contributed by atoms with Crippen molar-refractivity contribution in [2.45, 2.75) is 20.8 Å². The molecule has 1 aromatic heterocycles. The van der Waals surface area contributed by atoms with E-state index in [-0.39, 0.29) is 12.3 Å². The van der Waals surface area contributed by atoms with Crippen LogP contribution in [0.4, 0.5) is 0 Å². The van der Waals surface area contributed by atoms with Gasteiger partial charge in [-0.1, -0.05) is 0 Å². The summed E-state index contributed by atoms with van der Waals surface area (Å²) in [6.45, 7) is 5.39. The zero-order valence-corrected chi connectivity index (χ0v) is 16.0. The first-order valence-electron chi connectivity index (χ1n) is 8.34. The summed E-state index contributed by atoms with van der Waals surface area (Å²) in [4.78, 5) is 27.3. The third-order valence-electron chi connectivity index (χ3n) is 3.93. The third kappa shape index (κ3) is 4.46. The van der Waals surface area contributed by atoms with Gasteiger partial charge in [0.2, 0.25) is 0 Å². The van der Waals surface area contributed by atoms with Gasteiger partial charge in [0.1, 0.15) is 5.69 Å². The molecule has 0 saturated heterocycles. The molecule has 0 spiro atoms. The number of H-pyrrole nitrogens is 1. The monoisotopic (exact) mass is 373 g/mol. The standard InChI is InChI=1S/C19H23N3O5/c1-6-27-19(24)16-11(2)17(21-12(16)3)18(23)22-20-10-13-7-8-14(25-4)15(9-13)26-5/h7-10,21H,6H2,1-5H3,(H,22,23). The first-order chi connectivity index (χ1) is 12.9. The van der Waals surface area contributed by atoms with Gasteiger partial charge in [-0.25, -0.2) is 10.2 Å². The Morgan fingerprint density at radius 2 is 1.89 bits per heavy atom. The molecule has 0 fully saturated rings. The van der Waals surface area contributed by atoms with E-state index in [0.29, 0.717) is 28.3 Å². The fraction of sp³-hybridized carbons (Fsp3) is 0.316. The second kappa shape index (κ2) is 8.88. The van der Waals surface area contributed by atoms with E-state index in [2.05, 4.69) is 15.5 Å². The molecule has 8 nitrogen and oxygen atoms in total. The molecule has 8 heteroatoms. The number of ether oxygens (including phenoxy) is 3. The number of aromatic nitrogens is 1. The molecule has 1 amide bonds. The molecule has 2 aromatic rings. The zero-order valence-electron chi connectivity index (χ0n) is 16.0. The highest BCUT2D eigenvalue weighted by molar-refractivity contribution is 6.00. The second-order valence-corrected chi connectivity index (χ2v) is 5.66. The van der Waals surface area contributed by atoms with Gasteiger partial charge in [-0.3, -0.25) is 4.79 Å². The Labute approximate surface area is 157 Å². The van der Waals surface area contributed by atoms with E-state index >= 15 is 0 Å². The number of amides is 1. The highest BCUT2D eigenvalue weighted by Crippen LogP contribution is 2.26. The predicted octanol–water partition coefficient (Wildman–Crippen LogP) is 2.59. The molecule has 0 aliphatic carbocycles. The van der Waals surface area contributed by atoms with Gasteiger partial charge in [0.05, 0.1) is 32.6 Å². The van der Waals surface area contributed by atoms with Crippen LogP contribution in [0.5, 0.6) is 11.5 Å². The van der Waals surface area contributed by atoms with E-state index in [1.807, 2.05) is 0 Å². The fourth-order valence-electron chi connectivity index (χ4n) is 2.64. The van der Waals surface area contributed by atoms with Crippen molar-refractivity contribution < 1.29 is 23.8 Å². The van der Waals surface area contributed by atoms with Crippen molar-refractivity contribution in [3.8, 4) is 11.5 Å². The number of nitrogens with zero attached hydrogens (tertiary/aromatic N) is 1. The number of aromatic amines is 1. The van der Waals surface area contributed by atoms with Crippen LogP contribution in [0, 0.1) is 13.8 Å². The molecule has 0 saturated carbocycles. The zero-order chi connectivity index (χ0) is 20.0. The Morgan fingerprint density at radius 3 is 2.52 bits per heavy atom. The van der Waals surface area contributed by atoms with Crippen LogP contribution in [-0.4, -0.2) is 43.9 Å². The molecule has 1 heterocycles. The summed E-state index contributed by atoms with van der Waals surface area (Å²) in [7, 11) is 3.09. The molecular weight excluding hydrogens is 350 g/mol. The summed E-state index contributed by atoms with van der Waals surface area (Å²) in [5.41, 5.74) is 4.88. The van der Waals surface area contributed by atoms with Crippen LogP contribution >= 0.6 is 0 Å². The molecular formula is C19H23N3O5. The van der Waals surface area contributed by atoms with Gasteiger partial charge < -0.3 is 19.2 Å². The Morgan fingerprint density at radius 1 is 1.19 bits per heavy atom. The van der Waals surface area contributed by atoms with Crippen molar-refractivity contribution in [2.75, 3.05) is 20.8 Å². The number of benzene rings is 1. The average Bonchev–Trinajstić information content (AvgIpc) is 2.96. The van der Waals surface area contributed by atoms with Gasteiger partial charge in [-0.2, -0.15) is 5.10 Å². The average molecular weight is 373 g/mol. The molecule has 27 heavy (non-hydrogen) atoms. The molecule has 0 bridgehead atoms. The van der Waals surface area contributed by atoms with E-state index in [1.165, 1.54) is 13.3 Å². The molecule has 0 aliphatic heterocycles. The van der Waals surface area contributed by atoms with E-state index in [1.54, 1.807) is 46.1 Å². The number of carbonyl (C=O) groups is 2. The van der Waals surface area contributed by atoms with Crippen molar-refractivity contribution in [3.05, 3.63) is 46.3 Å². The van der Waals surface area contributed by atoms with E-state index in [4.69, 9.17) is 14.2 Å². The van der Waals surface area contributed by atoms with Crippen molar-refractivity contribution in [1.29, 1.82) is 0 Å². The molecule has 1 aromatic carbocycles. The van der Waals surface area contributed by atoms with Gasteiger partial charge in [0, 0.05) is 5.69 Å². The number of hydrazone groups is 1. The van der Waals surface area contributed by atoms with Crippen molar-refractivity contribution in [2.24, 2.45) is 5.10 Å². The highest BCUT2D eigenvalue weighted by Gasteiger charge is 2.22. The summed E-state index contributed by atoms with van der Waals surface area (Å²) in [5.74, 6) is 0.241. The van der Waals surface area contributed by atoms with Crippen LogP contribution in [0.2, 0.25) is 0 Å². The van der Waals surface area contributed by atoms with E-state index < -0.39 is 11.9 Å². The van der Waals surface area contributed by atoms with Gasteiger partial charge in [-0.05, 0) is 50.1 Å². The lowest BCUT2D eigenvalue weighted by Crippen LogP contribution is -2.19. The molecule has 0 aliphatic rings. The minimum Gasteiger partial charge on any atom is -0.493 e. The number of methoxy groups -OCH3 is 2. The molecule has 144 valence electrons. The van der Waals surface area contributed by atoms with Gasteiger partial charge in [0.15, 0.2) is 11.5 Å². The van der Waals surface area contributed by atoms with Crippen molar-refractivity contribution in [1.82, 2.24) is 10.4 Å². The summed E-state index contributed by atoms with van der Waals surface area (Å²) < 4.78 is 15.4. The number of hydrogen-bond acceptors (Lipinski definition) is 6. The van der Waals surface area contributed by atoms with Crippen LogP contribution in [-0.2, 0) is 4.74 Å². The molecule has 2 N–H and O–H groups in total. The van der Waals surface area contributed by atoms with E-state index in [9.17, 15) is 9.59 Å². The normalized spacial score (nSPS) is 10.7. The van der Waals surface area contributed by atoms with Crippen LogP contribution in [0.25, 0.3) is 0 Å². The van der Waals surface area contributed by atoms with Crippen LogP contribution in [0.3, 0.4) is 0 Å². The summed E-state index contributed by atoms with van der Waals surface area (Å²) >= 11 is 0. The van der Waals surface area contributed by atoms with Crippen LogP contribution in [0.15, 0.2) is 23.3 Å². The lowest BCUT2D eigenvalue weighted by atomic mass is 10.1. The SMILES string of the molecule is CCOC(=O)c1c(C)[nH]c(C(=O)NN=Cc2ccc(OC)c(OC)c2)c1C. The predicted molar refractivity (Wildman–Crippen MR) is 101 cm³/mol. The number of hydrogen-bond donors (Lipinski definition) is 2. The van der Waals surface area contributed by atoms with Gasteiger partial charge in [0.25, 0.3) is 5.91 Å². The molecule has 0 radical (unpaired) electrons. The molecule has 0 unspecified atom stereocenters. The largest absolute Gasteiger partial charge is 0.493 e. The second-order valence-electron chi connectivity index (χ2n) is 5.66. The first kappa shape index (κ1) is 20.0. The van der Waals surface area contributed by atoms with Crippen LogP contribution < -0.4 is 14.9 Å². The minimum atomic E-state index is -0.461. The first-order valence-corrected chi connectivity index (χ1v) is 8.34. The Kier molecular flexibility index (Phi) is 6.59. The maximum atomic E-state index is 12.4. The third-order valence-corrected chi connectivity index (χ3v) is 3.93. The maximum absolute atomic E-state index is 12.4. The maximum Gasteiger partial charge on any atom is 0.340 e. The summed E-state index contributed by atoms with van der Waals surface area (Å²) in [6, 6.07) is 5.25. The summed E-state index contributed by atoms with van der Waals surface area (Å²) in [5, 5.41) is 3.95. The Balaban J connectivity index is 2.13. The fourth-order valence-corrected chi connectivity index (χ4v) is 2.64. The Hall–Kier alpha value is -3.29. The van der Waals surface area contributed by atoms with E-state index in [0.717, 1.165) is 5.56 Å². The lowest BCUT2D eigenvalue weighted by molar-refractivity contribution is 0.0525. The number of carbonyl (C=O) groups excluding carboxylic acids is 2. The smallest absolute Gasteiger partial charge is 0.340 e. The number of nitrogens with one attached hydrogen (secondary N) is 2. The number of rotatable bonds is 7. The molecule has 2 rings (SSSR count). The lowest BCUT2D eigenvalue weighted by Gasteiger charge is -2.07. The van der Waals surface area contributed by atoms with Crippen molar-refractivity contribution >= 4 is 18.1 Å². The van der Waals surface area contributed by atoms with Gasteiger partial charge in [-0.15, -0.1) is 0 Å². The highest BCUT2D eigenvalue weighted by atomic mass is 16.5. The molecule has 0 atom stereocenters. The Bertz CT molecular complexity index is 870. The summed E-state index contributed by atoms with van der Waals surface area (Å²) in [6.07, 6.45) is 1.48.